The molecule has 4 rings (SSSR count). The van der Waals surface area contributed by atoms with Crippen LogP contribution in [-0.2, 0) is 12.3 Å². The van der Waals surface area contributed by atoms with Crippen molar-refractivity contribution in [2.75, 3.05) is 0 Å². The molecule has 0 unspecified atom stereocenters. The van der Waals surface area contributed by atoms with E-state index in [0.717, 1.165) is 22.2 Å². The summed E-state index contributed by atoms with van der Waals surface area (Å²) in [7, 11) is 0. The molecule has 1 aliphatic carbocycles. The van der Waals surface area contributed by atoms with E-state index < -0.39 is 0 Å². The van der Waals surface area contributed by atoms with Crippen LogP contribution in [0.15, 0.2) is 47.0 Å². The molecule has 0 aliphatic heterocycles. The smallest absolute Gasteiger partial charge is 0.258 e. The van der Waals surface area contributed by atoms with Gasteiger partial charge in [0, 0.05) is 30.5 Å². The Balaban J connectivity index is 1.57. The number of fused-ring (bicyclic) bond motifs is 1. The molecule has 3 heterocycles. The Morgan fingerprint density at radius 1 is 1.25 bits per heavy atom. The van der Waals surface area contributed by atoms with Gasteiger partial charge >= 0.3 is 0 Å². The Kier molecular flexibility index (Phi) is 5.62. The summed E-state index contributed by atoms with van der Waals surface area (Å²) in [6, 6.07) is 5.44. The van der Waals surface area contributed by atoms with Crippen LogP contribution in [0.4, 0.5) is 0 Å². The number of thioether (sulfide) groups is 1. The maximum Gasteiger partial charge on any atom is 0.258 e. The lowest BCUT2D eigenvalue weighted by molar-refractivity contribution is 0.415. The van der Waals surface area contributed by atoms with Gasteiger partial charge in [0.05, 0.1) is 5.69 Å². The maximum absolute atomic E-state index is 12.4. The number of nitrogens with zero attached hydrogens (tertiary/aromatic N) is 5. The number of hydrogen-bond acceptors (Lipinski definition) is 5. The minimum absolute atomic E-state index is 0.0592. The van der Waals surface area contributed by atoms with Gasteiger partial charge in [-0.2, -0.15) is 0 Å². The van der Waals surface area contributed by atoms with Crippen molar-refractivity contribution in [3.63, 3.8) is 0 Å². The molecule has 1 fully saturated rings. The molecule has 3 aromatic heterocycles. The highest BCUT2D eigenvalue weighted by Gasteiger charge is 2.23. The van der Waals surface area contributed by atoms with Gasteiger partial charge in [-0.3, -0.25) is 9.20 Å². The quantitative estimate of drug-likeness (QED) is 0.464. The van der Waals surface area contributed by atoms with Crippen LogP contribution in [0.5, 0.6) is 0 Å². The van der Waals surface area contributed by atoms with E-state index >= 15 is 0 Å². The molecule has 6 nitrogen and oxygen atoms in total. The third-order valence-corrected chi connectivity index (χ3v) is 6.25. The molecule has 0 aromatic carbocycles. The second kappa shape index (κ2) is 8.31. The van der Waals surface area contributed by atoms with Gasteiger partial charge in [-0.1, -0.05) is 37.1 Å². The average molecular weight is 396 g/mol. The van der Waals surface area contributed by atoms with Crippen molar-refractivity contribution >= 4 is 17.4 Å². The molecule has 0 radical (unpaired) electrons. The zero-order valence-corrected chi connectivity index (χ0v) is 17.0. The summed E-state index contributed by atoms with van der Waals surface area (Å²) in [5.41, 5.74) is 2.46. The second-order valence-electron chi connectivity index (χ2n) is 7.38. The van der Waals surface area contributed by atoms with Gasteiger partial charge in [0.2, 0.25) is 0 Å². The van der Waals surface area contributed by atoms with Crippen LogP contribution >= 0.6 is 11.8 Å². The number of pyridine rings is 1. The first-order chi connectivity index (χ1) is 13.7. The molecule has 0 N–H and O–H groups in total. The summed E-state index contributed by atoms with van der Waals surface area (Å²) >= 11 is 1.58. The van der Waals surface area contributed by atoms with E-state index in [2.05, 4.69) is 26.3 Å². The van der Waals surface area contributed by atoms with E-state index in [1.165, 1.54) is 32.1 Å². The molecule has 0 bridgehead atoms. The van der Waals surface area contributed by atoms with Crippen LogP contribution in [0, 0.1) is 6.92 Å². The first-order valence-electron chi connectivity index (χ1n) is 9.81. The number of hydrogen-bond donors (Lipinski definition) is 0. The predicted molar refractivity (Wildman–Crippen MR) is 112 cm³/mol. The summed E-state index contributed by atoms with van der Waals surface area (Å²) in [6.45, 7) is 6.59. The van der Waals surface area contributed by atoms with E-state index in [-0.39, 0.29) is 5.56 Å². The van der Waals surface area contributed by atoms with Crippen molar-refractivity contribution < 1.29 is 0 Å². The zero-order valence-electron chi connectivity index (χ0n) is 16.2. The third-order valence-electron chi connectivity index (χ3n) is 5.25. The molecule has 0 saturated heterocycles. The highest BCUT2D eigenvalue weighted by atomic mass is 32.2. The topological polar surface area (TPSA) is 65.1 Å². The Morgan fingerprint density at radius 2 is 2.07 bits per heavy atom. The molecule has 1 saturated carbocycles. The van der Waals surface area contributed by atoms with Gasteiger partial charge in [-0.05, 0) is 37.5 Å². The predicted octanol–water partition coefficient (Wildman–Crippen LogP) is 4.12. The van der Waals surface area contributed by atoms with Gasteiger partial charge in [-0.15, -0.1) is 16.8 Å². The van der Waals surface area contributed by atoms with Crippen molar-refractivity contribution in [2.24, 2.45) is 0 Å². The van der Waals surface area contributed by atoms with Crippen LogP contribution in [0.3, 0.4) is 0 Å². The summed E-state index contributed by atoms with van der Waals surface area (Å²) < 4.78 is 3.74. The van der Waals surface area contributed by atoms with E-state index in [1.807, 2.05) is 25.1 Å². The fraction of sp³-hybridized carbons (Fsp3) is 0.429. The largest absolute Gasteiger partial charge is 0.302 e. The third kappa shape index (κ3) is 3.90. The Hall–Kier alpha value is -2.41. The molecular formula is C21H25N5OS. The van der Waals surface area contributed by atoms with E-state index in [4.69, 9.17) is 0 Å². The lowest BCUT2D eigenvalue weighted by atomic mass is 9.89. The number of allylic oxidation sites excluding steroid dienone is 1. The zero-order chi connectivity index (χ0) is 19.5. The van der Waals surface area contributed by atoms with E-state index in [1.54, 1.807) is 28.4 Å². The highest BCUT2D eigenvalue weighted by molar-refractivity contribution is 7.98. The molecule has 0 atom stereocenters. The van der Waals surface area contributed by atoms with Crippen LogP contribution < -0.4 is 5.56 Å². The lowest BCUT2D eigenvalue weighted by Crippen LogP contribution is -2.15. The summed E-state index contributed by atoms with van der Waals surface area (Å²) in [5.74, 6) is 2.14. The SMILES string of the molecule is C=CCn1c(SCc2cc(=O)n3ccc(C)cc3n2)nnc1C1CCCCC1. The minimum Gasteiger partial charge on any atom is -0.302 e. The fourth-order valence-corrected chi connectivity index (χ4v) is 4.68. The summed E-state index contributed by atoms with van der Waals surface area (Å²) in [6.07, 6.45) is 9.87. The molecular weight excluding hydrogens is 370 g/mol. The lowest BCUT2D eigenvalue weighted by Gasteiger charge is -2.21. The van der Waals surface area contributed by atoms with Gasteiger partial charge < -0.3 is 4.57 Å². The summed E-state index contributed by atoms with van der Waals surface area (Å²) in [4.78, 5) is 17.0. The monoisotopic (exact) mass is 395 g/mol. The van der Waals surface area contributed by atoms with Crippen molar-refractivity contribution in [3.8, 4) is 0 Å². The highest BCUT2D eigenvalue weighted by Crippen LogP contribution is 2.33. The fourth-order valence-electron chi connectivity index (χ4n) is 3.84. The van der Waals surface area contributed by atoms with Crippen LogP contribution in [0.2, 0.25) is 0 Å². The molecule has 0 spiro atoms. The average Bonchev–Trinajstić information content (AvgIpc) is 3.09. The molecule has 1 aliphatic rings. The van der Waals surface area contributed by atoms with Crippen LogP contribution in [0.25, 0.3) is 5.65 Å². The van der Waals surface area contributed by atoms with Gasteiger partial charge in [0.15, 0.2) is 5.16 Å². The van der Waals surface area contributed by atoms with Crippen LogP contribution in [0.1, 0.15) is 55.1 Å². The van der Waals surface area contributed by atoms with Gasteiger partial charge in [-0.25, -0.2) is 4.98 Å². The van der Waals surface area contributed by atoms with Crippen molar-refractivity contribution in [2.45, 2.75) is 62.4 Å². The summed E-state index contributed by atoms with van der Waals surface area (Å²) in [5, 5.41) is 9.82. The molecule has 146 valence electrons. The Morgan fingerprint density at radius 3 is 2.86 bits per heavy atom. The Labute approximate surface area is 168 Å². The van der Waals surface area contributed by atoms with Crippen LogP contribution in [-0.4, -0.2) is 24.1 Å². The molecule has 0 amide bonds. The molecule has 7 heteroatoms. The normalized spacial score (nSPS) is 15.2. The maximum atomic E-state index is 12.4. The number of rotatable bonds is 6. The van der Waals surface area contributed by atoms with Gasteiger partial charge in [0.25, 0.3) is 5.56 Å². The molecule has 3 aromatic rings. The number of aryl methyl sites for hydroxylation is 1. The first kappa shape index (κ1) is 18.9. The van der Waals surface area contributed by atoms with E-state index in [9.17, 15) is 4.79 Å². The van der Waals surface area contributed by atoms with E-state index in [0.29, 0.717) is 23.9 Å². The molecule has 28 heavy (non-hydrogen) atoms. The van der Waals surface area contributed by atoms with Crippen molar-refractivity contribution in [1.82, 2.24) is 24.1 Å². The standard InChI is InChI=1S/C21H25N5OS/c1-3-10-26-20(16-7-5-4-6-8-16)23-24-21(26)28-14-17-13-19(27)25-11-9-15(2)12-18(25)22-17/h3,9,11-13,16H,1,4-8,10,14H2,2H3. The number of aromatic nitrogens is 5. The van der Waals surface area contributed by atoms with Gasteiger partial charge in [0.1, 0.15) is 11.5 Å². The van der Waals surface area contributed by atoms with Crippen molar-refractivity contribution in [1.29, 1.82) is 0 Å². The van der Waals surface area contributed by atoms with Crippen molar-refractivity contribution in [3.05, 3.63) is 64.5 Å². The first-order valence-corrected chi connectivity index (χ1v) is 10.8. The Bertz CT molecular complexity index is 1050. The minimum atomic E-state index is -0.0592. The second-order valence-corrected chi connectivity index (χ2v) is 8.32.